The summed E-state index contributed by atoms with van der Waals surface area (Å²) in [6.45, 7) is 4.52. The van der Waals surface area contributed by atoms with Gasteiger partial charge in [0.15, 0.2) is 5.76 Å². The Morgan fingerprint density at radius 3 is 2.81 bits per heavy atom. The minimum absolute atomic E-state index is 0.212. The van der Waals surface area contributed by atoms with E-state index in [4.69, 9.17) is 4.42 Å². The van der Waals surface area contributed by atoms with Crippen molar-refractivity contribution in [1.29, 1.82) is 0 Å². The molecule has 1 N–H and O–H groups in total. The van der Waals surface area contributed by atoms with Crippen LogP contribution in [0.4, 0.5) is 5.82 Å². The molecule has 0 atom stereocenters. The number of aromatic nitrogens is 2. The van der Waals surface area contributed by atoms with Crippen LogP contribution in [0.25, 0.3) is 11.0 Å². The van der Waals surface area contributed by atoms with E-state index in [1.54, 1.807) is 23.1 Å². The van der Waals surface area contributed by atoms with Crippen LogP contribution in [-0.2, 0) is 12.3 Å². The van der Waals surface area contributed by atoms with Gasteiger partial charge in [0.2, 0.25) is 0 Å². The lowest BCUT2D eigenvalue weighted by Crippen LogP contribution is -2.23. The SMILES string of the molecule is Cc1csc(SCc2c(C(=O)NCc3ccc(N4CCCC4)nc3)oc3ccccc23)n1. The zero-order valence-corrected chi connectivity index (χ0v) is 19.5. The molecule has 0 unspecified atom stereocenters. The van der Waals surface area contributed by atoms with Crippen LogP contribution >= 0.6 is 23.1 Å². The van der Waals surface area contributed by atoms with E-state index in [0.29, 0.717) is 18.1 Å². The normalized spacial score (nSPS) is 13.7. The van der Waals surface area contributed by atoms with Gasteiger partial charge in [0, 0.05) is 53.6 Å². The number of nitrogens with one attached hydrogen (secondary N) is 1. The molecule has 1 saturated heterocycles. The summed E-state index contributed by atoms with van der Waals surface area (Å²) in [7, 11) is 0. The molecule has 3 aromatic heterocycles. The van der Waals surface area contributed by atoms with Crippen LogP contribution in [0.5, 0.6) is 0 Å². The fraction of sp³-hybridized carbons (Fsp3) is 0.292. The number of thiazole rings is 1. The first-order valence-corrected chi connectivity index (χ1v) is 12.6. The van der Waals surface area contributed by atoms with Crippen molar-refractivity contribution in [3.8, 4) is 0 Å². The van der Waals surface area contributed by atoms with E-state index in [1.165, 1.54) is 12.8 Å². The minimum Gasteiger partial charge on any atom is -0.451 e. The molecule has 4 heterocycles. The molecule has 6 nitrogen and oxygen atoms in total. The average Bonchev–Trinajstić information content (AvgIpc) is 3.56. The largest absolute Gasteiger partial charge is 0.451 e. The highest BCUT2D eigenvalue weighted by Gasteiger charge is 2.21. The molecule has 0 radical (unpaired) electrons. The van der Waals surface area contributed by atoms with Crippen molar-refractivity contribution in [2.24, 2.45) is 0 Å². The van der Waals surface area contributed by atoms with Crippen molar-refractivity contribution in [2.75, 3.05) is 18.0 Å². The molecule has 1 amide bonds. The van der Waals surface area contributed by atoms with Crippen LogP contribution in [0.2, 0.25) is 0 Å². The number of hydrogen-bond donors (Lipinski definition) is 1. The minimum atomic E-state index is -0.212. The van der Waals surface area contributed by atoms with E-state index in [9.17, 15) is 4.79 Å². The van der Waals surface area contributed by atoms with Gasteiger partial charge in [-0.1, -0.05) is 36.0 Å². The molecule has 32 heavy (non-hydrogen) atoms. The van der Waals surface area contributed by atoms with Gasteiger partial charge in [-0.2, -0.15) is 0 Å². The number of hydrogen-bond acceptors (Lipinski definition) is 7. The number of amides is 1. The molecule has 0 aliphatic carbocycles. The number of furan rings is 1. The first kappa shape index (κ1) is 21.0. The molecule has 8 heteroatoms. The Morgan fingerprint density at radius 2 is 2.06 bits per heavy atom. The smallest absolute Gasteiger partial charge is 0.287 e. The number of aryl methyl sites for hydroxylation is 1. The predicted octanol–water partition coefficient (Wildman–Crippen LogP) is 5.42. The molecular weight excluding hydrogens is 440 g/mol. The summed E-state index contributed by atoms with van der Waals surface area (Å²) in [5.74, 6) is 1.79. The average molecular weight is 465 g/mol. The monoisotopic (exact) mass is 464 g/mol. The van der Waals surface area contributed by atoms with E-state index in [2.05, 4.69) is 20.2 Å². The number of fused-ring (bicyclic) bond motifs is 1. The Labute approximate surface area is 195 Å². The topological polar surface area (TPSA) is 71.3 Å². The number of rotatable bonds is 7. The molecule has 0 saturated carbocycles. The Bertz CT molecular complexity index is 1230. The third kappa shape index (κ3) is 4.52. The zero-order valence-electron chi connectivity index (χ0n) is 17.8. The predicted molar refractivity (Wildman–Crippen MR) is 129 cm³/mol. The number of carbonyl (C=O) groups excluding carboxylic acids is 1. The first-order chi connectivity index (χ1) is 15.7. The number of anilines is 1. The summed E-state index contributed by atoms with van der Waals surface area (Å²) in [5, 5.41) is 6.00. The number of nitrogens with zero attached hydrogens (tertiary/aromatic N) is 3. The maximum absolute atomic E-state index is 13.0. The van der Waals surface area contributed by atoms with Crippen LogP contribution in [0.1, 0.15) is 40.2 Å². The van der Waals surface area contributed by atoms with Gasteiger partial charge in [0.05, 0.1) is 0 Å². The van der Waals surface area contributed by atoms with Crippen molar-refractivity contribution in [2.45, 2.75) is 36.4 Å². The number of carbonyl (C=O) groups is 1. The van der Waals surface area contributed by atoms with Crippen molar-refractivity contribution < 1.29 is 9.21 Å². The molecule has 1 fully saturated rings. The Kier molecular flexibility index (Phi) is 6.14. The first-order valence-electron chi connectivity index (χ1n) is 10.7. The highest BCUT2D eigenvalue weighted by Crippen LogP contribution is 2.33. The lowest BCUT2D eigenvalue weighted by atomic mass is 10.1. The lowest BCUT2D eigenvalue weighted by Gasteiger charge is -2.16. The maximum atomic E-state index is 13.0. The van der Waals surface area contributed by atoms with Crippen molar-refractivity contribution in [3.05, 3.63) is 70.6 Å². The van der Waals surface area contributed by atoms with E-state index in [0.717, 1.165) is 51.0 Å². The quantitative estimate of drug-likeness (QED) is 0.369. The third-order valence-electron chi connectivity index (χ3n) is 5.53. The number of para-hydroxylation sites is 1. The van der Waals surface area contributed by atoms with Crippen LogP contribution < -0.4 is 10.2 Å². The summed E-state index contributed by atoms with van der Waals surface area (Å²) in [6.07, 6.45) is 4.29. The van der Waals surface area contributed by atoms with Gasteiger partial charge < -0.3 is 14.6 Å². The van der Waals surface area contributed by atoms with E-state index in [-0.39, 0.29) is 5.91 Å². The number of pyridine rings is 1. The van der Waals surface area contributed by atoms with E-state index >= 15 is 0 Å². The second-order valence-corrected chi connectivity index (χ2v) is 9.93. The van der Waals surface area contributed by atoms with Crippen molar-refractivity contribution in [1.82, 2.24) is 15.3 Å². The second kappa shape index (κ2) is 9.34. The summed E-state index contributed by atoms with van der Waals surface area (Å²) >= 11 is 3.25. The molecular formula is C24H24N4O2S2. The van der Waals surface area contributed by atoms with E-state index in [1.807, 2.05) is 54.9 Å². The van der Waals surface area contributed by atoms with Crippen LogP contribution in [-0.4, -0.2) is 29.0 Å². The van der Waals surface area contributed by atoms with Gasteiger partial charge in [-0.3, -0.25) is 4.79 Å². The zero-order chi connectivity index (χ0) is 21.9. The highest BCUT2D eigenvalue weighted by atomic mass is 32.2. The number of benzene rings is 1. The highest BCUT2D eigenvalue weighted by molar-refractivity contribution is 8.00. The number of thioether (sulfide) groups is 1. The van der Waals surface area contributed by atoms with Gasteiger partial charge in [0.25, 0.3) is 5.91 Å². The summed E-state index contributed by atoms with van der Waals surface area (Å²) in [6, 6.07) is 11.8. The van der Waals surface area contributed by atoms with Gasteiger partial charge in [-0.25, -0.2) is 9.97 Å². The summed E-state index contributed by atoms with van der Waals surface area (Å²) < 4.78 is 6.95. The van der Waals surface area contributed by atoms with Crippen LogP contribution in [0.15, 0.2) is 56.7 Å². The molecule has 0 bridgehead atoms. The van der Waals surface area contributed by atoms with Gasteiger partial charge in [0.1, 0.15) is 15.7 Å². The Morgan fingerprint density at radius 1 is 1.22 bits per heavy atom. The molecule has 4 aromatic rings. The van der Waals surface area contributed by atoms with Gasteiger partial charge >= 0.3 is 0 Å². The summed E-state index contributed by atoms with van der Waals surface area (Å²) in [5.41, 5.74) is 3.60. The van der Waals surface area contributed by atoms with Gasteiger partial charge in [-0.15, -0.1) is 11.3 Å². The molecule has 5 rings (SSSR count). The molecule has 1 aliphatic rings. The van der Waals surface area contributed by atoms with Crippen molar-refractivity contribution >= 4 is 45.8 Å². The standard InChI is InChI=1S/C24H24N4O2S2/c1-16-14-31-24(27-16)32-15-19-18-6-2-3-7-20(18)30-22(19)23(29)26-13-17-8-9-21(25-12-17)28-10-4-5-11-28/h2-3,6-9,12,14H,4-5,10-11,13,15H2,1H3,(H,26,29). The molecule has 164 valence electrons. The second-order valence-electron chi connectivity index (χ2n) is 7.85. The fourth-order valence-electron chi connectivity index (χ4n) is 3.88. The maximum Gasteiger partial charge on any atom is 0.287 e. The van der Waals surface area contributed by atoms with Crippen LogP contribution in [0, 0.1) is 6.92 Å². The Balaban J connectivity index is 1.30. The lowest BCUT2D eigenvalue weighted by molar-refractivity contribution is 0.0924. The van der Waals surface area contributed by atoms with Gasteiger partial charge in [-0.05, 0) is 37.5 Å². The van der Waals surface area contributed by atoms with E-state index < -0.39 is 0 Å². The van der Waals surface area contributed by atoms with Crippen molar-refractivity contribution in [3.63, 3.8) is 0 Å². The fourth-order valence-corrected chi connectivity index (χ4v) is 5.75. The molecule has 0 spiro atoms. The molecule has 1 aromatic carbocycles. The third-order valence-corrected chi connectivity index (χ3v) is 7.70. The summed E-state index contributed by atoms with van der Waals surface area (Å²) in [4.78, 5) is 24.4. The Hall–Kier alpha value is -2.84. The van der Waals surface area contributed by atoms with Crippen LogP contribution in [0.3, 0.4) is 0 Å². The molecule has 1 aliphatic heterocycles.